The van der Waals surface area contributed by atoms with Crippen LogP contribution in [0, 0.1) is 5.82 Å². The van der Waals surface area contributed by atoms with Crippen molar-refractivity contribution in [3.05, 3.63) is 44.5 Å². The van der Waals surface area contributed by atoms with Gasteiger partial charge in [-0.3, -0.25) is 4.79 Å². The van der Waals surface area contributed by atoms with Gasteiger partial charge in [-0.1, -0.05) is 13.0 Å². The van der Waals surface area contributed by atoms with E-state index >= 15 is 0 Å². The Morgan fingerprint density at radius 1 is 1.47 bits per heavy atom. The second kappa shape index (κ2) is 3.77. The van der Waals surface area contributed by atoms with Crippen molar-refractivity contribution < 1.29 is 8.81 Å². The molecule has 2 nitrogen and oxygen atoms in total. The molecule has 0 aliphatic heterocycles. The highest BCUT2D eigenvalue weighted by Crippen LogP contribution is 2.21. The molecule has 78 valence electrons. The quantitative estimate of drug-likeness (QED) is 0.796. The Bertz CT molecular complexity index is 575. The fourth-order valence-corrected chi connectivity index (χ4v) is 2.01. The van der Waals surface area contributed by atoms with Gasteiger partial charge >= 0.3 is 0 Å². The minimum Gasteiger partial charge on any atom is -0.460 e. The molecule has 1 aromatic heterocycles. The summed E-state index contributed by atoms with van der Waals surface area (Å²) in [7, 11) is 0. The Balaban J connectivity index is 2.98. The van der Waals surface area contributed by atoms with Gasteiger partial charge in [-0.2, -0.15) is 0 Å². The number of benzene rings is 1. The van der Waals surface area contributed by atoms with Crippen LogP contribution in [0.2, 0.25) is 0 Å². The summed E-state index contributed by atoms with van der Waals surface area (Å²) in [5, 5.41) is 0.00146. The maximum absolute atomic E-state index is 13.4. The zero-order valence-electron chi connectivity index (χ0n) is 8.01. The summed E-state index contributed by atoms with van der Waals surface area (Å²) in [6.45, 7) is 1.87. The fourth-order valence-electron chi connectivity index (χ4n) is 1.45. The third kappa shape index (κ3) is 1.59. The molecule has 0 aliphatic carbocycles. The zero-order chi connectivity index (χ0) is 11.0. The summed E-state index contributed by atoms with van der Waals surface area (Å²) in [6.07, 6.45) is 0.586. The zero-order valence-corrected chi connectivity index (χ0v) is 9.60. The van der Waals surface area contributed by atoms with E-state index in [-0.39, 0.29) is 10.8 Å². The van der Waals surface area contributed by atoms with Crippen molar-refractivity contribution >= 4 is 26.9 Å². The van der Waals surface area contributed by atoms with E-state index in [0.29, 0.717) is 22.2 Å². The van der Waals surface area contributed by atoms with E-state index in [2.05, 4.69) is 15.9 Å². The normalized spacial score (nSPS) is 10.9. The van der Waals surface area contributed by atoms with Crippen molar-refractivity contribution in [3.8, 4) is 0 Å². The highest BCUT2D eigenvalue weighted by atomic mass is 79.9. The number of hydrogen-bond acceptors (Lipinski definition) is 2. The molecule has 0 spiro atoms. The van der Waals surface area contributed by atoms with Crippen LogP contribution in [0.3, 0.4) is 0 Å². The predicted molar refractivity (Wildman–Crippen MR) is 59.5 cm³/mol. The van der Waals surface area contributed by atoms with Gasteiger partial charge in [-0.15, -0.1) is 0 Å². The second-order valence-electron chi connectivity index (χ2n) is 3.13. The van der Waals surface area contributed by atoms with Gasteiger partial charge in [0.2, 0.25) is 5.43 Å². The number of rotatable bonds is 1. The summed E-state index contributed by atoms with van der Waals surface area (Å²) in [5.41, 5.74) is -0.0637. The third-order valence-electron chi connectivity index (χ3n) is 2.20. The van der Waals surface area contributed by atoms with Crippen LogP contribution >= 0.6 is 15.9 Å². The molecule has 0 radical (unpaired) electrons. The first-order valence-corrected chi connectivity index (χ1v) is 5.34. The molecule has 2 rings (SSSR count). The SMILES string of the molecule is CCc1oc2cccc(F)c2c(=O)c1Br. The minimum absolute atomic E-state index is 0.00146. The van der Waals surface area contributed by atoms with Crippen LogP contribution in [-0.4, -0.2) is 0 Å². The fraction of sp³-hybridized carbons (Fsp3) is 0.182. The summed E-state index contributed by atoms with van der Waals surface area (Å²) < 4.78 is 19.1. The van der Waals surface area contributed by atoms with E-state index in [9.17, 15) is 9.18 Å². The van der Waals surface area contributed by atoms with Crippen molar-refractivity contribution in [2.75, 3.05) is 0 Å². The lowest BCUT2D eigenvalue weighted by atomic mass is 10.2. The number of fused-ring (bicyclic) bond motifs is 1. The molecule has 0 fully saturated rings. The number of halogens is 2. The van der Waals surface area contributed by atoms with Crippen molar-refractivity contribution in [2.45, 2.75) is 13.3 Å². The van der Waals surface area contributed by atoms with E-state index in [1.165, 1.54) is 12.1 Å². The van der Waals surface area contributed by atoms with Crippen LogP contribution < -0.4 is 5.43 Å². The van der Waals surface area contributed by atoms with Gasteiger partial charge < -0.3 is 4.42 Å². The van der Waals surface area contributed by atoms with Crippen molar-refractivity contribution in [3.63, 3.8) is 0 Å². The monoisotopic (exact) mass is 270 g/mol. The van der Waals surface area contributed by atoms with E-state index in [0.717, 1.165) is 0 Å². The molecular weight excluding hydrogens is 263 g/mol. The first-order valence-electron chi connectivity index (χ1n) is 4.55. The van der Waals surface area contributed by atoms with E-state index in [4.69, 9.17) is 4.42 Å². The molecule has 0 amide bonds. The Kier molecular flexibility index (Phi) is 2.61. The van der Waals surface area contributed by atoms with Gasteiger partial charge in [-0.05, 0) is 28.1 Å². The summed E-state index contributed by atoms with van der Waals surface area (Å²) in [5.74, 6) is -0.0114. The molecule has 2 aromatic rings. The number of hydrogen-bond donors (Lipinski definition) is 0. The number of aryl methyl sites for hydroxylation is 1. The second-order valence-corrected chi connectivity index (χ2v) is 3.93. The molecule has 0 bridgehead atoms. The molecule has 0 unspecified atom stereocenters. The van der Waals surface area contributed by atoms with Gasteiger partial charge in [0.05, 0.1) is 0 Å². The lowest BCUT2D eigenvalue weighted by Crippen LogP contribution is -2.07. The molecular formula is C11H8BrFO2. The Morgan fingerprint density at radius 2 is 2.20 bits per heavy atom. The molecule has 0 saturated heterocycles. The van der Waals surface area contributed by atoms with E-state index in [1.807, 2.05) is 6.92 Å². The topological polar surface area (TPSA) is 30.2 Å². The van der Waals surface area contributed by atoms with Crippen molar-refractivity contribution in [1.29, 1.82) is 0 Å². The Hall–Kier alpha value is -1.16. The third-order valence-corrected chi connectivity index (χ3v) is 3.00. The van der Waals surface area contributed by atoms with Crippen molar-refractivity contribution in [1.82, 2.24) is 0 Å². The average Bonchev–Trinajstić information content (AvgIpc) is 2.23. The van der Waals surface area contributed by atoms with Gasteiger partial charge in [0, 0.05) is 6.42 Å². The predicted octanol–water partition coefficient (Wildman–Crippen LogP) is 3.26. The molecule has 1 aromatic carbocycles. The van der Waals surface area contributed by atoms with Crippen LogP contribution in [0.4, 0.5) is 4.39 Å². The molecule has 0 atom stereocenters. The largest absolute Gasteiger partial charge is 0.460 e. The molecule has 0 aliphatic rings. The molecule has 1 heterocycles. The molecule has 0 N–H and O–H groups in total. The lowest BCUT2D eigenvalue weighted by Gasteiger charge is -2.03. The van der Waals surface area contributed by atoms with E-state index < -0.39 is 5.82 Å². The van der Waals surface area contributed by atoms with Crippen LogP contribution in [-0.2, 0) is 6.42 Å². The van der Waals surface area contributed by atoms with Crippen LogP contribution in [0.1, 0.15) is 12.7 Å². The summed E-state index contributed by atoms with van der Waals surface area (Å²) in [6, 6.07) is 4.36. The van der Waals surface area contributed by atoms with Gasteiger partial charge in [-0.25, -0.2) is 4.39 Å². The van der Waals surface area contributed by atoms with Crippen molar-refractivity contribution in [2.24, 2.45) is 0 Å². The maximum Gasteiger partial charge on any atom is 0.210 e. The summed E-state index contributed by atoms with van der Waals surface area (Å²) in [4.78, 5) is 11.8. The lowest BCUT2D eigenvalue weighted by molar-refractivity contribution is 0.534. The average molecular weight is 271 g/mol. The summed E-state index contributed by atoms with van der Waals surface area (Å²) >= 11 is 3.12. The Labute approximate surface area is 93.8 Å². The van der Waals surface area contributed by atoms with Crippen LogP contribution in [0.5, 0.6) is 0 Å². The molecule has 15 heavy (non-hydrogen) atoms. The minimum atomic E-state index is -0.551. The first kappa shape index (κ1) is 10.4. The standard InChI is InChI=1S/C11H8BrFO2/c1-2-7-10(12)11(14)9-6(13)4-3-5-8(9)15-7/h3-5H,2H2,1H3. The Morgan fingerprint density at radius 3 is 2.87 bits per heavy atom. The molecule has 0 saturated carbocycles. The van der Waals surface area contributed by atoms with Gasteiger partial charge in [0.15, 0.2) is 0 Å². The van der Waals surface area contributed by atoms with E-state index in [1.54, 1.807) is 6.07 Å². The van der Waals surface area contributed by atoms with Gasteiger partial charge in [0.1, 0.15) is 27.0 Å². The smallest absolute Gasteiger partial charge is 0.210 e. The first-order chi connectivity index (χ1) is 7.15. The highest BCUT2D eigenvalue weighted by Gasteiger charge is 2.13. The highest BCUT2D eigenvalue weighted by molar-refractivity contribution is 9.10. The molecule has 4 heteroatoms. The van der Waals surface area contributed by atoms with Gasteiger partial charge in [0.25, 0.3) is 0 Å². The van der Waals surface area contributed by atoms with Crippen LogP contribution in [0.25, 0.3) is 11.0 Å². The van der Waals surface area contributed by atoms with Crippen LogP contribution in [0.15, 0.2) is 31.9 Å². The maximum atomic E-state index is 13.4.